The Hall–Kier alpha value is -4.83. The highest BCUT2D eigenvalue weighted by Gasteiger charge is 2.56. The number of aromatic amines is 1. The van der Waals surface area contributed by atoms with Gasteiger partial charge in [-0.05, 0) is 54.3 Å². The van der Waals surface area contributed by atoms with Gasteiger partial charge in [-0.3, -0.25) is 10.1 Å². The Kier molecular flexibility index (Phi) is 6.78. The summed E-state index contributed by atoms with van der Waals surface area (Å²) in [7, 11) is 1.31. The third-order valence-corrected chi connectivity index (χ3v) is 8.63. The minimum absolute atomic E-state index is 0.0224. The monoisotopic (exact) mass is 581 g/mol. The minimum Gasteiger partial charge on any atom is -0.467 e. The van der Waals surface area contributed by atoms with Gasteiger partial charge in [0.1, 0.15) is 12.6 Å². The topological polar surface area (TPSA) is 119 Å². The molecule has 3 aliphatic heterocycles. The molecule has 7 rings (SSSR count). The van der Waals surface area contributed by atoms with Crippen molar-refractivity contribution < 1.29 is 33.3 Å². The zero-order chi connectivity index (χ0) is 29.6. The van der Waals surface area contributed by atoms with Crippen LogP contribution < -0.4 is 14.8 Å². The Morgan fingerprint density at radius 1 is 1.00 bits per heavy atom. The lowest BCUT2D eigenvalue weighted by Gasteiger charge is -2.44. The van der Waals surface area contributed by atoms with E-state index >= 15 is 0 Å². The van der Waals surface area contributed by atoms with E-state index in [9.17, 15) is 14.4 Å². The quantitative estimate of drug-likeness (QED) is 0.261. The summed E-state index contributed by atoms with van der Waals surface area (Å²) in [6.07, 6.45) is 1.04. The number of H-pyrrole nitrogens is 1. The van der Waals surface area contributed by atoms with Crippen molar-refractivity contribution in [3.8, 4) is 11.5 Å². The van der Waals surface area contributed by atoms with Gasteiger partial charge in [-0.1, -0.05) is 54.6 Å². The number of methoxy groups -OCH3 is 1. The number of rotatable bonds is 6. The van der Waals surface area contributed by atoms with Crippen LogP contribution in [0.4, 0.5) is 0 Å². The summed E-state index contributed by atoms with van der Waals surface area (Å²) in [6.45, 7) is 0.568. The van der Waals surface area contributed by atoms with Crippen molar-refractivity contribution in [2.75, 3.05) is 20.4 Å². The number of hydrogen-bond donors (Lipinski definition) is 2. The van der Waals surface area contributed by atoms with E-state index in [-0.39, 0.29) is 26.2 Å². The van der Waals surface area contributed by atoms with Gasteiger partial charge in [0.05, 0.1) is 13.2 Å². The summed E-state index contributed by atoms with van der Waals surface area (Å²) < 4.78 is 22.3. The maximum Gasteiger partial charge on any atom is 0.336 e. The molecule has 220 valence electrons. The number of ether oxygens (including phenoxy) is 4. The zero-order valence-electron chi connectivity index (χ0n) is 23.6. The molecule has 3 atom stereocenters. The first-order chi connectivity index (χ1) is 21.0. The second-order valence-electron chi connectivity index (χ2n) is 11.0. The van der Waals surface area contributed by atoms with E-state index in [2.05, 4.69) is 10.3 Å². The fourth-order valence-electron chi connectivity index (χ4n) is 6.54. The van der Waals surface area contributed by atoms with Crippen LogP contribution >= 0.6 is 0 Å². The van der Waals surface area contributed by atoms with Crippen molar-refractivity contribution >= 4 is 28.7 Å². The van der Waals surface area contributed by atoms with E-state index in [0.717, 1.165) is 27.7 Å². The van der Waals surface area contributed by atoms with Crippen molar-refractivity contribution in [1.82, 2.24) is 15.2 Å². The van der Waals surface area contributed by atoms with Crippen molar-refractivity contribution in [3.05, 3.63) is 95.2 Å². The maximum atomic E-state index is 14.9. The molecule has 1 fully saturated rings. The number of esters is 2. The third-order valence-electron chi connectivity index (χ3n) is 8.63. The molecule has 10 heteroatoms. The van der Waals surface area contributed by atoms with Crippen LogP contribution in [-0.2, 0) is 36.9 Å². The van der Waals surface area contributed by atoms with Gasteiger partial charge in [-0.25, -0.2) is 9.59 Å². The lowest BCUT2D eigenvalue weighted by Crippen LogP contribution is -2.65. The average molecular weight is 582 g/mol. The van der Waals surface area contributed by atoms with Crippen LogP contribution in [0.25, 0.3) is 10.9 Å². The van der Waals surface area contributed by atoms with Crippen molar-refractivity contribution in [1.29, 1.82) is 0 Å². The normalized spacial score (nSPS) is 22.3. The Bertz CT molecular complexity index is 1710. The highest BCUT2D eigenvalue weighted by Crippen LogP contribution is 2.45. The Labute approximate surface area is 247 Å². The summed E-state index contributed by atoms with van der Waals surface area (Å²) in [4.78, 5) is 47.3. The van der Waals surface area contributed by atoms with Crippen LogP contribution in [-0.4, -0.2) is 59.8 Å². The van der Waals surface area contributed by atoms with E-state index in [1.807, 2.05) is 66.7 Å². The molecule has 0 spiro atoms. The molecule has 0 radical (unpaired) electrons. The van der Waals surface area contributed by atoms with Crippen LogP contribution in [0.2, 0.25) is 0 Å². The number of benzene rings is 3. The van der Waals surface area contributed by atoms with Crippen molar-refractivity contribution in [3.63, 3.8) is 0 Å². The molecule has 0 bridgehead atoms. The predicted octanol–water partition coefficient (Wildman–Crippen LogP) is 3.78. The van der Waals surface area contributed by atoms with Gasteiger partial charge in [0.2, 0.25) is 6.79 Å². The molecule has 1 saturated heterocycles. The summed E-state index contributed by atoms with van der Waals surface area (Å²) >= 11 is 0. The number of carbonyl (C=O) groups excluding carboxylic acids is 3. The fourth-order valence-corrected chi connectivity index (χ4v) is 6.54. The Morgan fingerprint density at radius 3 is 2.58 bits per heavy atom. The standard InChI is InChI=1S/C33H31N3O7/c1-40-30(37)25-17-23-22-10-5-6-11-24(22)35-28(23)29(21-12-13-26-27(16-21)43-19-42-26)36(25)31(38)33(14-7-15-34-33)32(39)41-18-20-8-3-2-4-9-20/h2-6,8-13,16,25,29,34-35H,7,14-15,17-19H2,1H3/t25-,29-,33-/m1/s1. The van der Waals surface area contributed by atoms with Gasteiger partial charge in [-0.15, -0.1) is 0 Å². The van der Waals surface area contributed by atoms with Gasteiger partial charge >= 0.3 is 11.9 Å². The second kappa shape index (κ2) is 10.8. The molecule has 3 aromatic carbocycles. The van der Waals surface area contributed by atoms with Crippen LogP contribution in [0.1, 0.15) is 41.3 Å². The highest BCUT2D eigenvalue weighted by atomic mass is 16.7. The first-order valence-electron chi connectivity index (χ1n) is 14.4. The third kappa shape index (κ3) is 4.49. The molecule has 10 nitrogen and oxygen atoms in total. The lowest BCUT2D eigenvalue weighted by atomic mass is 9.84. The van der Waals surface area contributed by atoms with Gasteiger partial charge < -0.3 is 28.8 Å². The summed E-state index contributed by atoms with van der Waals surface area (Å²) in [6, 6.07) is 20.9. The minimum atomic E-state index is -1.67. The smallest absolute Gasteiger partial charge is 0.336 e. The molecule has 43 heavy (non-hydrogen) atoms. The highest BCUT2D eigenvalue weighted by molar-refractivity contribution is 6.09. The maximum absolute atomic E-state index is 14.9. The van der Waals surface area contributed by atoms with E-state index in [1.165, 1.54) is 12.0 Å². The average Bonchev–Trinajstić information content (AvgIpc) is 3.81. The van der Waals surface area contributed by atoms with Gasteiger partial charge in [0.15, 0.2) is 17.0 Å². The molecule has 0 saturated carbocycles. The number of nitrogens with one attached hydrogen (secondary N) is 2. The molecular weight excluding hydrogens is 550 g/mol. The van der Waals surface area contributed by atoms with E-state index in [4.69, 9.17) is 18.9 Å². The van der Waals surface area contributed by atoms with Crippen molar-refractivity contribution in [2.24, 2.45) is 0 Å². The summed E-state index contributed by atoms with van der Waals surface area (Å²) in [5, 5.41) is 4.13. The molecule has 1 amide bonds. The number of nitrogens with zero attached hydrogens (tertiary/aromatic N) is 1. The first-order valence-corrected chi connectivity index (χ1v) is 14.4. The van der Waals surface area contributed by atoms with Crippen LogP contribution in [0.3, 0.4) is 0 Å². The molecule has 1 aromatic heterocycles. The van der Waals surface area contributed by atoms with E-state index in [0.29, 0.717) is 30.0 Å². The Morgan fingerprint density at radius 2 is 1.79 bits per heavy atom. The lowest BCUT2D eigenvalue weighted by molar-refractivity contribution is -0.167. The second-order valence-corrected chi connectivity index (χ2v) is 11.0. The van der Waals surface area contributed by atoms with Crippen LogP contribution in [0, 0.1) is 0 Å². The van der Waals surface area contributed by atoms with Gasteiger partial charge in [0.25, 0.3) is 5.91 Å². The zero-order valence-corrected chi connectivity index (χ0v) is 23.6. The number of para-hydroxylation sites is 1. The van der Waals surface area contributed by atoms with Gasteiger partial charge in [-0.2, -0.15) is 0 Å². The molecule has 2 N–H and O–H groups in total. The summed E-state index contributed by atoms with van der Waals surface area (Å²) in [5.74, 6) is -0.642. The number of hydrogen-bond acceptors (Lipinski definition) is 8. The largest absolute Gasteiger partial charge is 0.467 e. The molecule has 0 unspecified atom stereocenters. The van der Waals surface area contributed by atoms with Crippen LogP contribution in [0.15, 0.2) is 72.8 Å². The van der Waals surface area contributed by atoms with Gasteiger partial charge in [0, 0.05) is 23.0 Å². The fraction of sp³-hybridized carbons (Fsp3) is 0.303. The first kappa shape index (κ1) is 27.0. The molecular formula is C33H31N3O7. The van der Waals surface area contributed by atoms with Crippen molar-refractivity contribution in [2.45, 2.75) is 43.5 Å². The van der Waals surface area contributed by atoms with E-state index in [1.54, 1.807) is 6.07 Å². The number of carbonyl (C=O) groups is 3. The summed E-state index contributed by atoms with van der Waals surface area (Å²) in [5.41, 5.74) is 2.40. The number of amides is 1. The van der Waals surface area contributed by atoms with Crippen LogP contribution in [0.5, 0.6) is 11.5 Å². The Balaban J connectivity index is 1.36. The predicted molar refractivity (Wildman–Crippen MR) is 155 cm³/mol. The number of aromatic nitrogens is 1. The molecule has 4 aromatic rings. The molecule has 3 aliphatic rings. The SMILES string of the molecule is COC(=O)[C@H]1Cc2c([nH]c3ccccc23)[C@@H](c2ccc3c(c2)OCO3)N1C(=O)[C@@]1(C(=O)OCc2ccccc2)CCCN1. The number of fused-ring (bicyclic) bond motifs is 4. The van der Waals surface area contributed by atoms with E-state index < -0.39 is 35.5 Å². The molecule has 4 heterocycles. The molecule has 0 aliphatic carbocycles.